The molecule has 1 aliphatic rings. The molecule has 30 heavy (non-hydrogen) atoms. The summed E-state index contributed by atoms with van der Waals surface area (Å²) in [6.45, 7) is 7.25. The number of thiazole rings is 1. The Kier molecular flexibility index (Phi) is 10.3. The average Bonchev–Trinajstić information content (AvgIpc) is 3.19. The second kappa shape index (κ2) is 12.4. The van der Waals surface area contributed by atoms with Gasteiger partial charge in [0.25, 0.3) is 0 Å². The fourth-order valence-corrected chi connectivity index (χ4v) is 4.08. The number of nitrogens with zero attached hydrogens (tertiary/aromatic N) is 3. The van der Waals surface area contributed by atoms with Crippen molar-refractivity contribution in [1.29, 1.82) is 0 Å². The molecule has 0 unspecified atom stereocenters. The average molecular weight is 547 g/mol. The SMILES string of the molecule is CCNC(=NCc1ccc(N2CCC(O)CC2)c(F)c1)NCc1ncc(CC)s1.I. The van der Waals surface area contributed by atoms with Crippen LogP contribution >= 0.6 is 35.3 Å². The van der Waals surface area contributed by atoms with Crippen molar-refractivity contribution in [2.75, 3.05) is 24.5 Å². The van der Waals surface area contributed by atoms with Crippen molar-refractivity contribution < 1.29 is 9.50 Å². The van der Waals surface area contributed by atoms with Crippen LogP contribution < -0.4 is 15.5 Å². The van der Waals surface area contributed by atoms with Crippen molar-refractivity contribution in [3.8, 4) is 0 Å². The van der Waals surface area contributed by atoms with Gasteiger partial charge < -0.3 is 20.6 Å². The predicted octanol–water partition coefficient (Wildman–Crippen LogP) is 3.68. The summed E-state index contributed by atoms with van der Waals surface area (Å²) < 4.78 is 14.6. The van der Waals surface area contributed by atoms with E-state index < -0.39 is 0 Å². The van der Waals surface area contributed by atoms with E-state index in [9.17, 15) is 9.50 Å². The predicted molar refractivity (Wildman–Crippen MR) is 132 cm³/mol. The Hall–Kier alpha value is -1.46. The highest BCUT2D eigenvalue weighted by Gasteiger charge is 2.19. The smallest absolute Gasteiger partial charge is 0.191 e. The van der Waals surface area contributed by atoms with Gasteiger partial charge in [-0.1, -0.05) is 13.0 Å². The zero-order chi connectivity index (χ0) is 20.6. The van der Waals surface area contributed by atoms with Crippen molar-refractivity contribution in [2.45, 2.75) is 52.3 Å². The van der Waals surface area contributed by atoms with Gasteiger partial charge in [0.2, 0.25) is 0 Å². The Balaban J connectivity index is 0.00000320. The number of halogens is 2. The number of aryl methyl sites for hydroxylation is 1. The zero-order valence-electron chi connectivity index (χ0n) is 17.5. The second-order valence-electron chi connectivity index (χ2n) is 7.13. The molecule has 9 heteroatoms. The molecule has 1 aromatic carbocycles. The number of hydrogen-bond donors (Lipinski definition) is 3. The standard InChI is InChI=1S/C21H30FN5OS.HI/c1-3-17-13-24-20(29-17)14-26-21(23-4-2)25-12-15-5-6-19(18(22)11-15)27-9-7-16(28)8-10-27;/h5-6,11,13,16,28H,3-4,7-10,12,14H2,1-2H3,(H2,23,25,26);1H. The van der Waals surface area contributed by atoms with Crippen LogP contribution in [0.3, 0.4) is 0 Å². The van der Waals surface area contributed by atoms with Crippen LogP contribution in [0.4, 0.5) is 10.1 Å². The lowest BCUT2D eigenvalue weighted by atomic mass is 10.1. The van der Waals surface area contributed by atoms with Gasteiger partial charge in [-0.3, -0.25) is 0 Å². The number of guanidine groups is 1. The first-order valence-corrected chi connectivity index (χ1v) is 11.1. The minimum Gasteiger partial charge on any atom is -0.393 e. The molecule has 1 fully saturated rings. The molecular formula is C21H31FIN5OS. The first-order chi connectivity index (χ1) is 14.1. The number of rotatable bonds is 7. The maximum Gasteiger partial charge on any atom is 0.191 e. The maximum absolute atomic E-state index is 14.6. The molecule has 166 valence electrons. The van der Waals surface area contributed by atoms with Gasteiger partial charge in [-0.05, 0) is 43.9 Å². The molecule has 6 nitrogen and oxygen atoms in total. The Morgan fingerprint density at radius 2 is 2.07 bits per heavy atom. The Morgan fingerprint density at radius 3 is 2.70 bits per heavy atom. The summed E-state index contributed by atoms with van der Waals surface area (Å²) in [7, 11) is 0. The topological polar surface area (TPSA) is 72.8 Å². The molecule has 2 aromatic rings. The summed E-state index contributed by atoms with van der Waals surface area (Å²) in [5.74, 6) is 0.456. The van der Waals surface area contributed by atoms with Gasteiger partial charge in [0.1, 0.15) is 10.8 Å². The lowest BCUT2D eigenvalue weighted by molar-refractivity contribution is 0.145. The van der Waals surface area contributed by atoms with Gasteiger partial charge >= 0.3 is 0 Å². The van der Waals surface area contributed by atoms with E-state index in [1.165, 1.54) is 4.88 Å². The number of hydrogen-bond acceptors (Lipinski definition) is 5. The van der Waals surface area contributed by atoms with Gasteiger partial charge in [-0.2, -0.15) is 0 Å². The van der Waals surface area contributed by atoms with Crippen molar-refractivity contribution in [3.63, 3.8) is 0 Å². The Morgan fingerprint density at radius 1 is 1.30 bits per heavy atom. The third-order valence-corrected chi connectivity index (χ3v) is 6.08. The molecule has 2 heterocycles. The quantitative estimate of drug-likeness (QED) is 0.280. The fraction of sp³-hybridized carbons (Fsp3) is 0.524. The van der Waals surface area contributed by atoms with Crippen LogP contribution in [0, 0.1) is 5.82 Å². The first kappa shape index (κ1) is 24.8. The van der Waals surface area contributed by atoms with E-state index in [1.54, 1.807) is 17.4 Å². The van der Waals surface area contributed by atoms with Gasteiger partial charge in [-0.15, -0.1) is 35.3 Å². The van der Waals surface area contributed by atoms with E-state index >= 15 is 0 Å². The largest absolute Gasteiger partial charge is 0.393 e. The molecule has 1 aromatic heterocycles. The number of nitrogens with one attached hydrogen (secondary N) is 2. The molecule has 0 bridgehead atoms. The Bertz CT molecular complexity index is 823. The summed E-state index contributed by atoms with van der Waals surface area (Å²) in [6, 6.07) is 5.30. The molecule has 0 atom stereocenters. The van der Waals surface area contributed by atoms with Crippen LogP contribution in [-0.2, 0) is 19.5 Å². The lowest BCUT2D eigenvalue weighted by Gasteiger charge is -2.31. The number of piperidine rings is 1. The molecule has 3 N–H and O–H groups in total. The number of aliphatic hydroxyl groups is 1. The third-order valence-electron chi connectivity index (χ3n) is 4.94. The van der Waals surface area contributed by atoms with E-state index in [-0.39, 0.29) is 35.9 Å². The molecule has 3 rings (SSSR count). The summed E-state index contributed by atoms with van der Waals surface area (Å²) >= 11 is 1.70. The molecule has 0 aliphatic carbocycles. The van der Waals surface area contributed by atoms with Crippen LogP contribution in [0.1, 0.15) is 42.1 Å². The van der Waals surface area contributed by atoms with Crippen LogP contribution in [0.2, 0.25) is 0 Å². The van der Waals surface area contributed by atoms with Gasteiger partial charge in [0, 0.05) is 30.7 Å². The molecule has 0 saturated carbocycles. The molecule has 0 spiro atoms. The van der Waals surface area contributed by atoms with Crippen LogP contribution in [0.5, 0.6) is 0 Å². The third kappa shape index (κ3) is 7.05. The van der Waals surface area contributed by atoms with Crippen molar-refractivity contribution in [1.82, 2.24) is 15.6 Å². The van der Waals surface area contributed by atoms with Gasteiger partial charge in [0.15, 0.2) is 5.96 Å². The zero-order valence-corrected chi connectivity index (χ0v) is 20.7. The van der Waals surface area contributed by atoms with Crippen molar-refractivity contribution in [3.05, 3.63) is 45.7 Å². The van der Waals surface area contributed by atoms with Crippen LogP contribution in [0.15, 0.2) is 29.4 Å². The second-order valence-corrected chi connectivity index (χ2v) is 8.33. The van der Waals surface area contributed by atoms with E-state index in [1.807, 2.05) is 30.2 Å². The normalized spacial score (nSPS) is 15.1. The molecule has 0 radical (unpaired) electrons. The van der Waals surface area contributed by atoms with Crippen LogP contribution in [-0.4, -0.2) is 41.8 Å². The molecule has 1 saturated heterocycles. The minimum atomic E-state index is -0.266. The fourth-order valence-electron chi connectivity index (χ4n) is 3.28. The van der Waals surface area contributed by atoms with E-state index in [2.05, 4.69) is 27.5 Å². The maximum atomic E-state index is 14.6. The Labute approximate surface area is 199 Å². The number of benzene rings is 1. The highest BCUT2D eigenvalue weighted by atomic mass is 127. The van der Waals surface area contributed by atoms with E-state index in [0.717, 1.165) is 23.5 Å². The number of anilines is 1. The van der Waals surface area contributed by atoms with Crippen molar-refractivity contribution in [2.24, 2.45) is 4.99 Å². The van der Waals surface area contributed by atoms with E-state index in [4.69, 9.17) is 0 Å². The van der Waals surface area contributed by atoms with E-state index in [0.29, 0.717) is 50.7 Å². The number of aliphatic imine (C=N–C) groups is 1. The first-order valence-electron chi connectivity index (χ1n) is 10.3. The summed E-state index contributed by atoms with van der Waals surface area (Å²) in [5, 5.41) is 17.2. The number of aliphatic hydroxyl groups excluding tert-OH is 1. The summed E-state index contributed by atoms with van der Waals surface area (Å²) in [4.78, 5) is 12.3. The summed E-state index contributed by atoms with van der Waals surface area (Å²) in [6.07, 6.45) is 4.01. The monoisotopic (exact) mass is 547 g/mol. The van der Waals surface area contributed by atoms with Gasteiger partial charge in [0.05, 0.1) is 24.9 Å². The van der Waals surface area contributed by atoms with Crippen LogP contribution in [0.25, 0.3) is 0 Å². The molecule has 0 amide bonds. The molecule has 1 aliphatic heterocycles. The molecular weight excluding hydrogens is 516 g/mol. The highest BCUT2D eigenvalue weighted by Crippen LogP contribution is 2.24. The van der Waals surface area contributed by atoms with Crippen molar-refractivity contribution >= 4 is 47.0 Å². The highest BCUT2D eigenvalue weighted by molar-refractivity contribution is 14.0. The lowest BCUT2D eigenvalue weighted by Crippen LogP contribution is -2.36. The summed E-state index contributed by atoms with van der Waals surface area (Å²) in [5.41, 5.74) is 1.42. The van der Waals surface area contributed by atoms with Gasteiger partial charge in [-0.25, -0.2) is 14.4 Å². The minimum absolute atomic E-state index is 0. The number of aromatic nitrogens is 1.